The van der Waals surface area contributed by atoms with Crippen molar-refractivity contribution in [1.29, 1.82) is 0 Å². The molecule has 0 atom stereocenters. The number of carbonyl (C=O) groups is 3. The van der Waals surface area contributed by atoms with Crippen LogP contribution in [0.3, 0.4) is 0 Å². The van der Waals surface area contributed by atoms with Crippen LogP contribution in [0, 0.1) is 55.4 Å². The van der Waals surface area contributed by atoms with Crippen LogP contribution in [0.2, 0.25) is 5.02 Å². The fourth-order valence-corrected chi connectivity index (χ4v) is 19.0. The molecule has 698 valence electrons. The number of rotatable bonds is 9. The van der Waals surface area contributed by atoms with Gasteiger partial charge < -0.3 is 37.9 Å². The first-order valence-electron chi connectivity index (χ1n) is 48.4. The zero-order chi connectivity index (χ0) is 94.9. The quantitative estimate of drug-likeness (QED) is 0.135. The van der Waals surface area contributed by atoms with Crippen molar-refractivity contribution in [1.82, 2.24) is 9.97 Å². The number of nitrogens with zero attached hydrogens (tertiary/aromatic N) is 2. The Morgan fingerprint density at radius 1 is 0.275 bits per heavy atom. The SMILES string of the molecule is CC(C)c1ccc(Cl)cc1.CC(C)c1ccc2c(c1)C(=O)CCO2.CC(C)c1ccc2c(c1)CCCO2.CC(C)c1ccc2c3c(ccnc13)CCO2.CC(C)c1ccc2c3c(ccnc13)CCO2.Cc1cc(C(C)C)c(C)c2c1OCCC2.Cc1cc(C(C)C)c(C)c2c1OCCC2.Cc1cc(C(C)C)c(C)c2c1OCCC2=O.Cc1cc(C(C)C)c(C)c2c1OCCC2=O. The van der Waals surface area contributed by atoms with Crippen LogP contribution in [-0.2, 0) is 32.1 Å². The predicted molar refractivity (Wildman–Crippen MR) is 541 cm³/mol. The molecule has 19 rings (SSSR count). The number of aromatic nitrogens is 2. The van der Waals surface area contributed by atoms with E-state index < -0.39 is 0 Å². The van der Waals surface area contributed by atoms with Crippen LogP contribution in [0.1, 0.15) is 370 Å². The molecule has 10 heterocycles. The van der Waals surface area contributed by atoms with E-state index in [4.69, 9.17) is 49.5 Å². The molecular weight excluding hydrogens is 1640 g/mol. The fraction of sp³-hybridized carbons (Fsp3) is 0.462. The highest BCUT2D eigenvalue weighted by Gasteiger charge is 2.30. The lowest BCUT2D eigenvalue weighted by molar-refractivity contribution is 0.0922. The van der Waals surface area contributed by atoms with Crippen LogP contribution >= 0.6 is 11.6 Å². The highest BCUT2D eigenvalue weighted by atomic mass is 35.5. The van der Waals surface area contributed by atoms with Crippen molar-refractivity contribution in [2.24, 2.45) is 0 Å². The Balaban J connectivity index is 0.000000143. The van der Waals surface area contributed by atoms with E-state index in [0.717, 1.165) is 166 Å². The van der Waals surface area contributed by atoms with Crippen LogP contribution in [-0.4, -0.2) is 80.2 Å². The van der Waals surface area contributed by atoms with Crippen molar-refractivity contribution in [2.45, 2.75) is 304 Å². The summed E-state index contributed by atoms with van der Waals surface area (Å²) in [4.78, 5) is 44.5. The summed E-state index contributed by atoms with van der Waals surface area (Å²) >= 11 is 5.72. The third kappa shape index (κ3) is 24.7. The molecule has 11 aromatic rings. The number of fused-ring (bicyclic) bond motifs is 6. The van der Waals surface area contributed by atoms with Crippen molar-refractivity contribution in [3.8, 4) is 46.0 Å². The molecule has 0 aliphatic carbocycles. The Labute approximate surface area is 788 Å². The maximum absolute atomic E-state index is 12.0. The van der Waals surface area contributed by atoms with E-state index in [-0.39, 0.29) is 17.3 Å². The number of Topliss-reactive ketones (excluding diaryl/α,β-unsaturated/α-hetero) is 3. The second-order valence-electron chi connectivity index (χ2n) is 39.0. The Hall–Kier alpha value is -10.5. The minimum atomic E-state index is 0.203. The normalized spacial score (nSPS) is 14.5. The van der Waals surface area contributed by atoms with Crippen molar-refractivity contribution in [2.75, 3.05) is 52.9 Å². The third-order valence-corrected chi connectivity index (χ3v) is 26.5. The molecule has 0 unspecified atom stereocenters. The van der Waals surface area contributed by atoms with Crippen molar-refractivity contribution >= 4 is 50.8 Å². The Bertz CT molecular complexity index is 5560. The Morgan fingerprint density at radius 2 is 0.603 bits per heavy atom. The maximum Gasteiger partial charge on any atom is 0.170 e. The van der Waals surface area contributed by atoms with Gasteiger partial charge in [-0.1, -0.05) is 203 Å². The van der Waals surface area contributed by atoms with Crippen LogP contribution in [0.15, 0.2) is 134 Å². The summed E-state index contributed by atoms with van der Waals surface area (Å²) in [5.74, 6) is 13.2. The lowest BCUT2D eigenvalue weighted by Gasteiger charge is -2.24. The average Bonchev–Trinajstić information content (AvgIpc) is 0.768. The number of ether oxygens (including phenoxy) is 8. The lowest BCUT2D eigenvalue weighted by Crippen LogP contribution is -2.18. The summed E-state index contributed by atoms with van der Waals surface area (Å²) in [5.41, 5.74) is 33.6. The van der Waals surface area contributed by atoms with Crippen molar-refractivity contribution in [3.63, 3.8) is 0 Å². The molecule has 0 fully saturated rings. The van der Waals surface area contributed by atoms with Gasteiger partial charge in [0.25, 0.3) is 0 Å². The van der Waals surface area contributed by atoms with Gasteiger partial charge in [-0.3, -0.25) is 24.4 Å². The first-order chi connectivity index (χ1) is 62.5. The van der Waals surface area contributed by atoms with Gasteiger partial charge in [0.05, 0.1) is 80.6 Å². The van der Waals surface area contributed by atoms with E-state index in [0.29, 0.717) is 92.3 Å². The van der Waals surface area contributed by atoms with Gasteiger partial charge in [-0.2, -0.15) is 0 Å². The molecule has 8 aliphatic rings. The Morgan fingerprint density at radius 3 is 1.02 bits per heavy atom. The maximum atomic E-state index is 12.0. The molecule has 0 saturated carbocycles. The highest BCUT2D eigenvalue weighted by molar-refractivity contribution is 6.30. The largest absolute Gasteiger partial charge is 0.493 e. The molecule has 8 aliphatic heterocycles. The van der Waals surface area contributed by atoms with E-state index in [1.807, 2.05) is 70.4 Å². The topological polar surface area (TPSA) is 151 Å². The summed E-state index contributed by atoms with van der Waals surface area (Å²) in [7, 11) is 0. The fourth-order valence-electron chi connectivity index (χ4n) is 18.9. The number of hydrogen-bond donors (Lipinski definition) is 0. The number of pyridine rings is 2. The van der Waals surface area contributed by atoms with E-state index in [1.54, 1.807) is 0 Å². The number of benzene rings is 9. The molecular formula is C117H147ClN2O11. The van der Waals surface area contributed by atoms with Gasteiger partial charge >= 0.3 is 0 Å². The third-order valence-electron chi connectivity index (χ3n) is 26.3. The van der Waals surface area contributed by atoms with Gasteiger partial charge in [0.1, 0.15) is 46.0 Å². The minimum Gasteiger partial charge on any atom is -0.493 e. The molecule has 0 spiro atoms. The van der Waals surface area contributed by atoms with Crippen LogP contribution in [0.4, 0.5) is 0 Å². The molecule has 131 heavy (non-hydrogen) atoms. The van der Waals surface area contributed by atoms with Crippen LogP contribution in [0.25, 0.3) is 21.8 Å². The summed E-state index contributed by atoms with van der Waals surface area (Å²) < 4.78 is 45.1. The molecule has 0 amide bonds. The first kappa shape index (κ1) is 101. The smallest absolute Gasteiger partial charge is 0.170 e. The number of aryl methyl sites for hydroxylation is 5. The molecule has 0 bridgehead atoms. The van der Waals surface area contributed by atoms with Gasteiger partial charge in [0.15, 0.2) is 17.3 Å². The van der Waals surface area contributed by atoms with E-state index in [1.165, 1.54) is 130 Å². The van der Waals surface area contributed by atoms with E-state index in [2.05, 4.69) is 253 Å². The molecule has 2 aromatic heterocycles. The van der Waals surface area contributed by atoms with E-state index >= 15 is 0 Å². The van der Waals surface area contributed by atoms with Gasteiger partial charge in [-0.05, 0) is 324 Å². The minimum absolute atomic E-state index is 0.203. The Kier molecular flexibility index (Phi) is 35.7. The molecule has 13 nitrogen and oxygen atoms in total. The first-order valence-corrected chi connectivity index (χ1v) is 48.8. The second-order valence-corrected chi connectivity index (χ2v) is 39.5. The van der Waals surface area contributed by atoms with Crippen LogP contribution < -0.4 is 37.9 Å². The molecule has 0 saturated heterocycles. The highest BCUT2D eigenvalue weighted by Crippen LogP contribution is 2.44. The van der Waals surface area contributed by atoms with Crippen molar-refractivity contribution < 1.29 is 52.3 Å². The lowest BCUT2D eigenvalue weighted by atomic mass is 9.88. The summed E-state index contributed by atoms with van der Waals surface area (Å²) in [5, 5.41) is 3.25. The van der Waals surface area contributed by atoms with Gasteiger partial charge in [0.2, 0.25) is 0 Å². The molecule has 9 aromatic carbocycles. The second kappa shape index (κ2) is 46.2. The summed E-state index contributed by atoms with van der Waals surface area (Å²) in [6.07, 6.45) is 14.4. The zero-order valence-corrected chi connectivity index (χ0v) is 84.4. The molecule has 14 heteroatoms. The van der Waals surface area contributed by atoms with Crippen molar-refractivity contribution in [3.05, 3.63) is 278 Å². The molecule has 0 N–H and O–H groups in total. The summed E-state index contributed by atoms with van der Waals surface area (Å²) in [6.45, 7) is 62.2. The predicted octanol–water partition coefficient (Wildman–Crippen LogP) is 30.2. The van der Waals surface area contributed by atoms with Gasteiger partial charge in [0, 0.05) is 60.3 Å². The zero-order valence-electron chi connectivity index (χ0n) is 83.6. The van der Waals surface area contributed by atoms with Gasteiger partial charge in [-0.15, -0.1) is 0 Å². The molecule has 0 radical (unpaired) electrons. The monoisotopic (exact) mass is 1790 g/mol. The number of halogens is 1. The van der Waals surface area contributed by atoms with Gasteiger partial charge in [-0.25, -0.2) is 0 Å². The van der Waals surface area contributed by atoms with E-state index in [9.17, 15) is 14.4 Å². The summed E-state index contributed by atoms with van der Waals surface area (Å²) in [6, 6.07) is 42.0. The standard InChI is InChI=1S/2C14H15NO.2C14H18O2.2C14H20O.C12H14O2.C12H16O.C9H11Cl/c2*1-9(2)11-3-4-12-13-10(6-8-16-12)5-7-15-14(11)13;2*1-8(2)11-7-9(3)14-13(10(11)4)12(15)5-6-16-14;2*1-9(2)13-8-10(3)14-12(11(13)4)6-5-7-15-14;1-8(2)9-3-4-12-10(7-9)11(13)5-6-14-12;1-9(2)10-5-6-12-11(8-10)4-3-7-13-12;1-7(2)8-3-5-9(10)6-4-8/h2*3-5,7,9H,6,8H2,1-2H3;2*7-8H,5-6H2,1-4H3;2*8-9H,5-7H2,1-4H3;3-4,7-8H,5-6H2,1-2H3;5-6,8-9H,3-4,7H2,1-2H3;3-7H,1-2H3. The average molecular weight is 1790 g/mol. The van der Waals surface area contributed by atoms with Crippen LogP contribution in [0.5, 0.6) is 46.0 Å². The number of hydrogen-bond acceptors (Lipinski definition) is 13. The number of ketones is 3. The number of carbonyl (C=O) groups excluding carboxylic acids is 3.